The van der Waals surface area contributed by atoms with E-state index < -0.39 is 5.82 Å². The second-order valence-electron chi connectivity index (χ2n) is 4.06. The fourth-order valence-corrected chi connectivity index (χ4v) is 1.46. The van der Waals surface area contributed by atoms with E-state index in [-0.39, 0.29) is 17.3 Å². The summed E-state index contributed by atoms with van der Waals surface area (Å²) < 4.78 is 14.0. The summed E-state index contributed by atoms with van der Waals surface area (Å²) in [6.07, 6.45) is 4.19. The van der Waals surface area contributed by atoms with E-state index in [1.807, 2.05) is 13.8 Å². The molecule has 100 valence electrons. The van der Waals surface area contributed by atoms with Crippen molar-refractivity contribution in [2.45, 2.75) is 33.1 Å². The largest absolute Gasteiger partial charge is 0.368 e. The Balaban J connectivity index is 2.72. The summed E-state index contributed by atoms with van der Waals surface area (Å²) in [6.45, 7) is 5.21. The van der Waals surface area contributed by atoms with Gasteiger partial charge in [-0.2, -0.15) is 0 Å². The highest BCUT2D eigenvalue weighted by Crippen LogP contribution is 2.14. The van der Waals surface area contributed by atoms with E-state index in [1.54, 1.807) is 0 Å². The summed E-state index contributed by atoms with van der Waals surface area (Å²) in [5.41, 5.74) is 0.0414. The van der Waals surface area contributed by atoms with Crippen LogP contribution in [-0.2, 0) is 0 Å². The van der Waals surface area contributed by atoms with E-state index in [1.165, 1.54) is 12.3 Å². The highest BCUT2D eigenvalue weighted by Gasteiger charge is 2.15. The molecule has 0 aromatic carbocycles. The van der Waals surface area contributed by atoms with Crippen molar-refractivity contribution in [3.8, 4) is 0 Å². The van der Waals surface area contributed by atoms with Crippen molar-refractivity contribution >= 4 is 11.7 Å². The first-order chi connectivity index (χ1) is 8.70. The van der Waals surface area contributed by atoms with E-state index in [9.17, 15) is 9.18 Å². The average molecular weight is 253 g/mol. The van der Waals surface area contributed by atoms with Crippen LogP contribution in [0.2, 0.25) is 0 Å². The minimum absolute atomic E-state index is 0.0414. The number of unbranched alkanes of at least 4 members (excludes halogenated alkanes) is 1. The number of halogens is 1. The van der Waals surface area contributed by atoms with Crippen LogP contribution in [0.25, 0.3) is 0 Å². The molecule has 0 fully saturated rings. The Hall–Kier alpha value is -1.65. The molecule has 1 aromatic rings. The molecule has 0 spiro atoms. The number of carbonyl (C=O) groups excluding carboxylic acids is 1. The smallest absolute Gasteiger partial charge is 0.254 e. The maximum atomic E-state index is 14.0. The average Bonchev–Trinajstić information content (AvgIpc) is 2.37. The summed E-state index contributed by atoms with van der Waals surface area (Å²) in [5.74, 6) is -0.831. The van der Waals surface area contributed by atoms with E-state index in [0.29, 0.717) is 13.1 Å². The van der Waals surface area contributed by atoms with Crippen molar-refractivity contribution < 1.29 is 9.18 Å². The predicted octanol–water partition coefficient (Wildman–Crippen LogP) is 2.57. The van der Waals surface area contributed by atoms with E-state index in [2.05, 4.69) is 15.6 Å². The van der Waals surface area contributed by atoms with Gasteiger partial charge in [0.2, 0.25) is 0 Å². The molecular weight excluding hydrogens is 233 g/mol. The molecule has 0 aliphatic rings. The SMILES string of the molecule is CCCCNC(=O)c1ccnc(NCCC)c1F. The Kier molecular flexibility index (Phi) is 6.11. The second-order valence-corrected chi connectivity index (χ2v) is 4.06. The van der Waals surface area contributed by atoms with Crippen molar-refractivity contribution in [3.63, 3.8) is 0 Å². The molecular formula is C13H20FN3O. The number of rotatable bonds is 7. The van der Waals surface area contributed by atoms with Crippen LogP contribution in [0.1, 0.15) is 43.5 Å². The van der Waals surface area contributed by atoms with Crippen molar-refractivity contribution in [1.29, 1.82) is 0 Å². The van der Waals surface area contributed by atoms with Crippen LogP contribution in [0.3, 0.4) is 0 Å². The van der Waals surface area contributed by atoms with Gasteiger partial charge in [-0.25, -0.2) is 9.37 Å². The molecule has 0 aliphatic carbocycles. The Bertz CT molecular complexity index is 396. The third kappa shape index (κ3) is 3.98. The molecule has 1 heterocycles. The Morgan fingerprint density at radius 3 is 2.78 bits per heavy atom. The lowest BCUT2D eigenvalue weighted by molar-refractivity contribution is 0.0949. The van der Waals surface area contributed by atoms with Crippen LogP contribution < -0.4 is 10.6 Å². The zero-order valence-corrected chi connectivity index (χ0v) is 10.9. The first-order valence-electron chi connectivity index (χ1n) is 6.37. The summed E-state index contributed by atoms with van der Waals surface area (Å²) in [5, 5.41) is 5.55. The third-order valence-electron chi connectivity index (χ3n) is 2.49. The number of pyridine rings is 1. The quantitative estimate of drug-likeness (QED) is 0.734. The van der Waals surface area contributed by atoms with Crippen LogP contribution in [0.4, 0.5) is 10.2 Å². The lowest BCUT2D eigenvalue weighted by Gasteiger charge is -2.09. The topological polar surface area (TPSA) is 54.0 Å². The second kappa shape index (κ2) is 7.63. The number of anilines is 1. The molecule has 1 amide bonds. The lowest BCUT2D eigenvalue weighted by atomic mass is 10.2. The number of hydrogen-bond donors (Lipinski definition) is 2. The van der Waals surface area contributed by atoms with Crippen molar-refractivity contribution in [3.05, 3.63) is 23.6 Å². The van der Waals surface area contributed by atoms with Gasteiger partial charge in [0.15, 0.2) is 11.6 Å². The molecule has 0 unspecified atom stereocenters. The molecule has 5 heteroatoms. The summed E-state index contributed by atoms with van der Waals surface area (Å²) >= 11 is 0. The number of hydrogen-bond acceptors (Lipinski definition) is 3. The lowest BCUT2D eigenvalue weighted by Crippen LogP contribution is -2.25. The van der Waals surface area contributed by atoms with Gasteiger partial charge in [0.1, 0.15) is 0 Å². The van der Waals surface area contributed by atoms with Crippen LogP contribution >= 0.6 is 0 Å². The van der Waals surface area contributed by atoms with Gasteiger partial charge in [0, 0.05) is 19.3 Å². The molecule has 0 bridgehead atoms. The summed E-state index contributed by atoms with van der Waals surface area (Å²) in [4.78, 5) is 15.6. The van der Waals surface area contributed by atoms with Crippen LogP contribution in [0.15, 0.2) is 12.3 Å². The maximum Gasteiger partial charge on any atom is 0.254 e. The molecule has 0 saturated carbocycles. The summed E-state index contributed by atoms with van der Waals surface area (Å²) in [6, 6.07) is 1.40. The van der Waals surface area contributed by atoms with Gasteiger partial charge < -0.3 is 10.6 Å². The van der Waals surface area contributed by atoms with Crippen molar-refractivity contribution in [1.82, 2.24) is 10.3 Å². The number of nitrogens with one attached hydrogen (secondary N) is 2. The summed E-state index contributed by atoms with van der Waals surface area (Å²) in [7, 11) is 0. The Labute approximate surface area is 107 Å². The zero-order chi connectivity index (χ0) is 13.4. The van der Waals surface area contributed by atoms with Gasteiger partial charge in [0.25, 0.3) is 5.91 Å². The minimum atomic E-state index is -0.583. The monoisotopic (exact) mass is 253 g/mol. The number of amides is 1. The standard InChI is InChI=1S/C13H20FN3O/c1-3-5-8-17-13(18)10-6-9-16-12(11(10)14)15-7-4-2/h6,9H,3-5,7-8H2,1-2H3,(H,15,16)(H,17,18). The van der Waals surface area contributed by atoms with Crippen LogP contribution in [0, 0.1) is 5.82 Å². The molecule has 4 nitrogen and oxygen atoms in total. The fourth-order valence-electron chi connectivity index (χ4n) is 1.46. The number of aromatic nitrogens is 1. The van der Waals surface area contributed by atoms with Gasteiger partial charge >= 0.3 is 0 Å². The van der Waals surface area contributed by atoms with Gasteiger partial charge in [-0.05, 0) is 18.9 Å². The molecule has 0 saturated heterocycles. The minimum Gasteiger partial charge on any atom is -0.368 e. The molecule has 0 aliphatic heterocycles. The molecule has 0 radical (unpaired) electrons. The molecule has 1 rings (SSSR count). The van der Waals surface area contributed by atoms with Crippen LogP contribution in [0.5, 0.6) is 0 Å². The fraction of sp³-hybridized carbons (Fsp3) is 0.538. The van der Waals surface area contributed by atoms with E-state index in [4.69, 9.17) is 0 Å². The van der Waals surface area contributed by atoms with Gasteiger partial charge in [0.05, 0.1) is 5.56 Å². The molecule has 2 N–H and O–H groups in total. The first kappa shape index (κ1) is 14.4. The molecule has 1 aromatic heterocycles. The van der Waals surface area contributed by atoms with E-state index in [0.717, 1.165) is 19.3 Å². The number of nitrogens with zero attached hydrogens (tertiary/aromatic N) is 1. The Morgan fingerprint density at radius 2 is 2.11 bits per heavy atom. The predicted molar refractivity (Wildman–Crippen MR) is 70.2 cm³/mol. The number of carbonyl (C=O) groups is 1. The van der Waals surface area contributed by atoms with E-state index >= 15 is 0 Å². The molecule has 18 heavy (non-hydrogen) atoms. The van der Waals surface area contributed by atoms with Gasteiger partial charge in [-0.1, -0.05) is 20.3 Å². The van der Waals surface area contributed by atoms with Gasteiger partial charge in [-0.3, -0.25) is 4.79 Å². The maximum absolute atomic E-state index is 14.0. The van der Waals surface area contributed by atoms with Crippen LogP contribution in [-0.4, -0.2) is 24.0 Å². The van der Waals surface area contributed by atoms with Gasteiger partial charge in [-0.15, -0.1) is 0 Å². The van der Waals surface area contributed by atoms with Crippen molar-refractivity contribution in [2.75, 3.05) is 18.4 Å². The molecule has 0 atom stereocenters. The Morgan fingerprint density at radius 1 is 1.33 bits per heavy atom. The normalized spacial score (nSPS) is 10.2. The first-order valence-corrected chi connectivity index (χ1v) is 6.37. The highest BCUT2D eigenvalue weighted by atomic mass is 19.1. The highest BCUT2D eigenvalue weighted by molar-refractivity contribution is 5.95. The third-order valence-corrected chi connectivity index (χ3v) is 2.49. The zero-order valence-electron chi connectivity index (χ0n) is 10.9. The van der Waals surface area contributed by atoms with Crippen molar-refractivity contribution in [2.24, 2.45) is 0 Å².